The van der Waals surface area contributed by atoms with Gasteiger partial charge in [0.2, 0.25) is 5.91 Å². The topological polar surface area (TPSA) is 130 Å². The third-order valence-electron chi connectivity index (χ3n) is 2.79. The maximum absolute atomic E-state index is 11.3. The van der Waals surface area contributed by atoms with Crippen LogP contribution in [0.15, 0.2) is 30.3 Å². The van der Waals surface area contributed by atoms with Gasteiger partial charge in [-0.05, 0) is 12.0 Å². The molecule has 0 aromatic heterocycles. The number of nitrogens with two attached hydrogens (primary N) is 1. The average Bonchev–Trinajstić information content (AvgIpc) is 2.42. The first-order valence-electron chi connectivity index (χ1n) is 5.94. The minimum absolute atomic E-state index is 0.00199. The molecule has 0 spiro atoms. The van der Waals surface area contributed by atoms with Gasteiger partial charge in [-0.3, -0.25) is 9.59 Å². The van der Waals surface area contributed by atoms with E-state index in [1.165, 1.54) is 0 Å². The smallest absolute Gasteiger partial charge is 0.327 e. The normalized spacial score (nSPS) is 13.2. The minimum Gasteiger partial charge on any atom is -0.481 e. The molecule has 0 saturated heterocycles. The van der Waals surface area contributed by atoms with E-state index in [0.29, 0.717) is 5.56 Å². The molecule has 0 aliphatic heterocycles. The highest BCUT2D eigenvalue weighted by Gasteiger charge is 2.34. The molecule has 20 heavy (non-hydrogen) atoms. The van der Waals surface area contributed by atoms with Crippen LogP contribution in [0.25, 0.3) is 0 Å². The van der Waals surface area contributed by atoms with Crippen LogP contribution in [0.3, 0.4) is 0 Å². The van der Waals surface area contributed by atoms with Crippen LogP contribution in [0, 0.1) is 5.92 Å². The van der Waals surface area contributed by atoms with E-state index in [1.54, 1.807) is 30.3 Å². The fourth-order valence-corrected chi connectivity index (χ4v) is 1.78. The number of nitrogens with one attached hydrogen (secondary N) is 1. The van der Waals surface area contributed by atoms with Crippen molar-refractivity contribution in [2.45, 2.75) is 12.5 Å². The number of rotatable bonds is 7. The summed E-state index contributed by atoms with van der Waals surface area (Å²) in [4.78, 5) is 33.7. The second-order valence-corrected chi connectivity index (χ2v) is 4.22. The van der Waals surface area contributed by atoms with E-state index in [4.69, 9.17) is 10.8 Å². The van der Waals surface area contributed by atoms with Crippen LogP contribution in [-0.2, 0) is 20.8 Å². The predicted octanol–water partition coefficient (Wildman–Crippen LogP) is -0.542. The van der Waals surface area contributed by atoms with Crippen LogP contribution < -0.4 is 11.1 Å². The molecular formula is C13H16N2O5. The summed E-state index contributed by atoms with van der Waals surface area (Å²) >= 11 is 0. The molecule has 0 fully saturated rings. The first-order valence-corrected chi connectivity index (χ1v) is 5.94. The van der Waals surface area contributed by atoms with Crippen LogP contribution in [-0.4, -0.2) is 40.6 Å². The largest absolute Gasteiger partial charge is 0.481 e. The summed E-state index contributed by atoms with van der Waals surface area (Å²) in [6.07, 6.45) is -0.00199. The molecule has 0 heterocycles. The molecule has 7 nitrogen and oxygen atoms in total. The zero-order valence-electron chi connectivity index (χ0n) is 10.7. The van der Waals surface area contributed by atoms with Gasteiger partial charge >= 0.3 is 11.9 Å². The Labute approximate surface area is 115 Å². The van der Waals surface area contributed by atoms with Crippen molar-refractivity contribution in [3.63, 3.8) is 0 Å². The molecule has 2 atom stereocenters. The fraction of sp³-hybridized carbons (Fsp3) is 0.308. The van der Waals surface area contributed by atoms with E-state index in [2.05, 4.69) is 5.32 Å². The minimum atomic E-state index is -1.52. The maximum Gasteiger partial charge on any atom is 0.327 e. The van der Waals surface area contributed by atoms with E-state index in [0.717, 1.165) is 0 Å². The first-order chi connectivity index (χ1) is 9.45. The molecule has 0 radical (unpaired) electrons. The van der Waals surface area contributed by atoms with Crippen molar-refractivity contribution in [2.75, 3.05) is 6.54 Å². The summed E-state index contributed by atoms with van der Waals surface area (Å²) in [6, 6.07) is 7.08. The number of carboxylic acid groups (broad SMARTS) is 2. The summed E-state index contributed by atoms with van der Waals surface area (Å²) in [5, 5.41) is 20.4. The Morgan fingerprint density at radius 3 is 2.15 bits per heavy atom. The fourth-order valence-electron chi connectivity index (χ4n) is 1.78. The van der Waals surface area contributed by atoms with Crippen LogP contribution in [0.4, 0.5) is 0 Å². The summed E-state index contributed by atoms with van der Waals surface area (Å²) < 4.78 is 0. The monoisotopic (exact) mass is 280 g/mol. The molecular weight excluding hydrogens is 264 g/mol. The van der Waals surface area contributed by atoms with Crippen molar-refractivity contribution < 1.29 is 24.6 Å². The Hall–Kier alpha value is -2.41. The highest BCUT2D eigenvalue weighted by Crippen LogP contribution is 2.14. The molecule has 0 aliphatic rings. The lowest BCUT2D eigenvalue weighted by molar-refractivity contribution is -0.152. The molecule has 7 heteroatoms. The van der Waals surface area contributed by atoms with Crippen molar-refractivity contribution in [3.8, 4) is 0 Å². The van der Waals surface area contributed by atoms with Crippen LogP contribution >= 0.6 is 0 Å². The van der Waals surface area contributed by atoms with Crippen molar-refractivity contribution in [1.82, 2.24) is 5.32 Å². The second-order valence-electron chi connectivity index (χ2n) is 4.22. The number of hydrogen-bond acceptors (Lipinski definition) is 4. The lowest BCUT2D eigenvalue weighted by atomic mass is 9.92. The van der Waals surface area contributed by atoms with Gasteiger partial charge in [0, 0.05) is 0 Å². The Balaban J connectivity index is 2.94. The van der Waals surface area contributed by atoms with E-state index in [-0.39, 0.29) is 6.42 Å². The number of carbonyl (C=O) groups is 3. The van der Waals surface area contributed by atoms with E-state index in [1.807, 2.05) is 0 Å². The third kappa shape index (κ3) is 4.36. The number of carboxylic acids is 2. The molecule has 1 amide bonds. The Morgan fingerprint density at radius 2 is 1.70 bits per heavy atom. The summed E-state index contributed by atoms with van der Waals surface area (Å²) in [5.41, 5.74) is 5.77. The van der Waals surface area contributed by atoms with E-state index < -0.39 is 36.4 Å². The summed E-state index contributed by atoms with van der Waals surface area (Å²) in [6.45, 7) is -0.401. The van der Waals surface area contributed by atoms with Gasteiger partial charge in [-0.15, -0.1) is 0 Å². The molecule has 5 N–H and O–H groups in total. The van der Waals surface area contributed by atoms with Gasteiger partial charge in [0.25, 0.3) is 0 Å². The molecule has 0 bridgehead atoms. The summed E-state index contributed by atoms with van der Waals surface area (Å²) in [7, 11) is 0. The molecule has 1 unspecified atom stereocenters. The zero-order chi connectivity index (χ0) is 15.1. The van der Waals surface area contributed by atoms with E-state index >= 15 is 0 Å². The Kier molecular flexibility index (Phi) is 5.67. The Bertz CT molecular complexity index is 489. The van der Waals surface area contributed by atoms with Gasteiger partial charge in [0.05, 0.1) is 12.5 Å². The van der Waals surface area contributed by atoms with Crippen LogP contribution in [0.5, 0.6) is 0 Å². The van der Waals surface area contributed by atoms with Crippen LogP contribution in [0.2, 0.25) is 0 Å². The van der Waals surface area contributed by atoms with Gasteiger partial charge in [0.1, 0.15) is 6.04 Å². The van der Waals surface area contributed by atoms with Crippen molar-refractivity contribution in [2.24, 2.45) is 11.7 Å². The van der Waals surface area contributed by atoms with Gasteiger partial charge < -0.3 is 21.3 Å². The highest BCUT2D eigenvalue weighted by atomic mass is 16.4. The molecule has 108 valence electrons. The SMILES string of the molecule is NCC(=O)N[C@H](C(=O)O)C(Cc1ccccc1)C(=O)O. The van der Waals surface area contributed by atoms with Gasteiger partial charge in [-0.25, -0.2) is 4.79 Å². The quantitative estimate of drug-likeness (QED) is 0.530. The lowest BCUT2D eigenvalue weighted by Gasteiger charge is -2.21. The van der Waals surface area contributed by atoms with Crippen molar-refractivity contribution in [3.05, 3.63) is 35.9 Å². The van der Waals surface area contributed by atoms with Gasteiger partial charge in [-0.2, -0.15) is 0 Å². The summed E-state index contributed by atoms with van der Waals surface area (Å²) in [5.74, 6) is -4.68. The number of hydrogen-bond donors (Lipinski definition) is 4. The second kappa shape index (κ2) is 7.25. The maximum atomic E-state index is 11.3. The van der Waals surface area contributed by atoms with Crippen LogP contribution in [0.1, 0.15) is 5.56 Å². The highest BCUT2D eigenvalue weighted by molar-refractivity contribution is 5.88. The predicted molar refractivity (Wildman–Crippen MR) is 69.9 cm³/mol. The standard InChI is InChI=1S/C13H16N2O5/c14-7-10(16)15-11(13(19)20)9(12(17)18)6-8-4-2-1-3-5-8/h1-5,9,11H,6-7,14H2,(H,15,16)(H,17,18)(H,19,20)/t9?,11-/m0/s1. The first kappa shape index (κ1) is 15.6. The van der Waals surface area contributed by atoms with Gasteiger partial charge in [0.15, 0.2) is 0 Å². The third-order valence-corrected chi connectivity index (χ3v) is 2.79. The van der Waals surface area contributed by atoms with Gasteiger partial charge in [-0.1, -0.05) is 30.3 Å². The Morgan fingerprint density at radius 1 is 1.10 bits per heavy atom. The molecule has 0 aliphatic carbocycles. The number of benzene rings is 1. The molecule has 1 rings (SSSR count). The zero-order valence-corrected chi connectivity index (χ0v) is 10.7. The number of aliphatic carboxylic acids is 2. The lowest BCUT2D eigenvalue weighted by Crippen LogP contribution is -2.50. The number of carbonyl (C=O) groups excluding carboxylic acids is 1. The molecule has 1 aromatic carbocycles. The molecule has 1 aromatic rings. The molecule has 0 saturated carbocycles. The average molecular weight is 280 g/mol. The number of amides is 1. The van der Waals surface area contributed by atoms with E-state index in [9.17, 15) is 19.5 Å². The van der Waals surface area contributed by atoms with Crippen molar-refractivity contribution >= 4 is 17.8 Å². The van der Waals surface area contributed by atoms with Crippen molar-refractivity contribution in [1.29, 1.82) is 0 Å².